The molecule has 0 amide bonds. The zero-order valence-electron chi connectivity index (χ0n) is 9.98. The minimum absolute atomic E-state index is 0.00306. The van der Waals surface area contributed by atoms with Gasteiger partial charge in [0.15, 0.2) is 0 Å². The van der Waals surface area contributed by atoms with Gasteiger partial charge in [-0.15, -0.1) is 0 Å². The van der Waals surface area contributed by atoms with E-state index in [9.17, 15) is 13.5 Å². The number of hydrogen-bond donors (Lipinski definition) is 1. The minimum atomic E-state index is -3.28. The van der Waals surface area contributed by atoms with E-state index in [4.69, 9.17) is 4.74 Å². The monoisotopic (exact) mass is 251 g/mol. The highest BCUT2D eigenvalue weighted by Crippen LogP contribution is 2.22. The van der Waals surface area contributed by atoms with Crippen LogP contribution in [0.5, 0.6) is 0 Å². The molecule has 1 rings (SSSR count). The molecule has 1 heterocycles. The van der Waals surface area contributed by atoms with Crippen molar-refractivity contribution in [2.75, 3.05) is 32.1 Å². The summed E-state index contributed by atoms with van der Waals surface area (Å²) in [6.45, 7) is 4.95. The van der Waals surface area contributed by atoms with Crippen LogP contribution in [0.25, 0.3) is 0 Å². The van der Waals surface area contributed by atoms with Crippen LogP contribution in [0.3, 0.4) is 0 Å². The Kier molecular flexibility index (Phi) is 4.73. The van der Waals surface area contributed by atoms with Gasteiger partial charge in [-0.3, -0.25) is 0 Å². The molecule has 1 N–H and O–H groups in total. The van der Waals surface area contributed by atoms with Crippen LogP contribution < -0.4 is 0 Å². The fourth-order valence-electron chi connectivity index (χ4n) is 1.85. The maximum atomic E-state index is 11.9. The summed E-state index contributed by atoms with van der Waals surface area (Å²) in [5, 5.41) is 9.84. The average Bonchev–Trinajstić information content (AvgIpc) is 2.16. The summed E-state index contributed by atoms with van der Waals surface area (Å²) >= 11 is 0. The molecular formula is C10H21NO4S. The molecule has 0 bridgehead atoms. The molecule has 0 saturated carbocycles. The van der Waals surface area contributed by atoms with E-state index in [-0.39, 0.29) is 18.9 Å². The molecule has 16 heavy (non-hydrogen) atoms. The number of aliphatic hydroxyl groups is 1. The van der Waals surface area contributed by atoms with Crippen LogP contribution in [0.2, 0.25) is 0 Å². The number of rotatable bonds is 5. The Morgan fingerprint density at radius 3 is 2.75 bits per heavy atom. The Labute approximate surface area is 97.4 Å². The van der Waals surface area contributed by atoms with Crippen LogP contribution in [-0.2, 0) is 14.8 Å². The van der Waals surface area contributed by atoms with E-state index in [1.165, 1.54) is 4.31 Å². The van der Waals surface area contributed by atoms with Gasteiger partial charge in [0, 0.05) is 19.7 Å². The first-order valence-electron chi connectivity index (χ1n) is 5.65. The molecule has 0 aromatic rings. The summed E-state index contributed by atoms with van der Waals surface area (Å²) in [5.74, 6) is -0.00306. The molecule has 1 fully saturated rings. The van der Waals surface area contributed by atoms with E-state index in [0.29, 0.717) is 26.0 Å². The largest absolute Gasteiger partial charge is 0.389 e. The van der Waals surface area contributed by atoms with Gasteiger partial charge in [-0.05, 0) is 26.7 Å². The van der Waals surface area contributed by atoms with Gasteiger partial charge >= 0.3 is 0 Å². The van der Waals surface area contributed by atoms with E-state index in [2.05, 4.69) is 0 Å². The van der Waals surface area contributed by atoms with Crippen molar-refractivity contribution in [3.8, 4) is 0 Å². The number of β-amino-alcohol motifs (C(OH)–C–C–N with tert-alkyl or cyclic N) is 1. The van der Waals surface area contributed by atoms with Crippen molar-refractivity contribution < 1.29 is 18.3 Å². The second-order valence-corrected chi connectivity index (χ2v) is 6.54. The lowest BCUT2D eigenvalue weighted by molar-refractivity contribution is 0.00920. The summed E-state index contributed by atoms with van der Waals surface area (Å²) < 4.78 is 30.2. The van der Waals surface area contributed by atoms with Gasteiger partial charge < -0.3 is 9.84 Å². The third kappa shape index (κ3) is 4.01. The maximum Gasteiger partial charge on any atom is 0.216 e. The molecule has 1 aliphatic heterocycles. The Hall–Kier alpha value is -0.170. The number of nitrogens with zero attached hydrogens (tertiary/aromatic N) is 1. The first-order chi connectivity index (χ1) is 7.37. The molecule has 5 nitrogen and oxygen atoms in total. The van der Waals surface area contributed by atoms with E-state index in [0.717, 1.165) is 0 Å². The first-order valence-corrected chi connectivity index (χ1v) is 7.26. The molecule has 0 aromatic heterocycles. The summed E-state index contributed by atoms with van der Waals surface area (Å²) in [6, 6.07) is 0. The summed E-state index contributed by atoms with van der Waals surface area (Å²) in [7, 11) is -3.28. The van der Waals surface area contributed by atoms with Gasteiger partial charge in [-0.25, -0.2) is 8.42 Å². The van der Waals surface area contributed by atoms with Crippen LogP contribution in [0.15, 0.2) is 0 Å². The highest BCUT2D eigenvalue weighted by Gasteiger charge is 2.34. The van der Waals surface area contributed by atoms with Gasteiger partial charge in [0.2, 0.25) is 10.0 Å². The SMILES string of the molecule is CCOCCS(=O)(=O)N1CCCC(C)(O)C1. The molecule has 1 unspecified atom stereocenters. The van der Waals surface area contributed by atoms with Gasteiger partial charge in [0.25, 0.3) is 0 Å². The molecule has 0 spiro atoms. The van der Waals surface area contributed by atoms with E-state index < -0.39 is 15.6 Å². The molecule has 1 aliphatic rings. The van der Waals surface area contributed by atoms with Crippen molar-refractivity contribution in [3.05, 3.63) is 0 Å². The third-order valence-electron chi connectivity index (χ3n) is 2.72. The Bertz CT molecular complexity index is 313. The van der Waals surface area contributed by atoms with Gasteiger partial charge in [0.1, 0.15) is 0 Å². The van der Waals surface area contributed by atoms with Crippen LogP contribution in [0, 0.1) is 0 Å². The van der Waals surface area contributed by atoms with Crippen molar-refractivity contribution in [3.63, 3.8) is 0 Å². The highest BCUT2D eigenvalue weighted by atomic mass is 32.2. The second-order valence-electron chi connectivity index (χ2n) is 4.45. The maximum absolute atomic E-state index is 11.9. The van der Waals surface area contributed by atoms with E-state index in [1.807, 2.05) is 6.92 Å². The summed E-state index contributed by atoms with van der Waals surface area (Å²) in [4.78, 5) is 0. The molecule has 96 valence electrons. The average molecular weight is 251 g/mol. The zero-order chi connectivity index (χ0) is 12.2. The Morgan fingerprint density at radius 2 is 2.19 bits per heavy atom. The van der Waals surface area contributed by atoms with Crippen molar-refractivity contribution in [1.29, 1.82) is 0 Å². The fourth-order valence-corrected chi connectivity index (χ4v) is 3.32. The fraction of sp³-hybridized carbons (Fsp3) is 1.00. The van der Waals surface area contributed by atoms with E-state index >= 15 is 0 Å². The van der Waals surface area contributed by atoms with E-state index in [1.54, 1.807) is 6.92 Å². The number of sulfonamides is 1. The number of hydrogen-bond acceptors (Lipinski definition) is 4. The van der Waals surface area contributed by atoms with Crippen molar-refractivity contribution in [2.24, 2.45) is 0 Å². The topological polar surface area (TPSA) is 66.8 Å². The lowest BCUT2D eigenvalue weighted by atomic mass is 9.97. The molecule has 1 saturated heterocycles. The van der Waals surface area contributed by atoms with Crippen LogP contribution in [0.1, 0.15) is 26.7 Å². The Balaban J connectivity index is 2.54. The smallest absolute Gasteiger partial charge is 0.216 e. The molecule has 0 aliphatic carbocycles. The third-order valence-corrected chi connectivity index (χ3v) is 4.50. The Morgan fingerprint density at radius 1 is 1.50 bits per heavy atom. The van der Waals surface area contributed by atoms with Crippen molar-refractivity contribution in [2.45, 2.75) is 32.3 Å². The molecule has 0 aromatic carbocycles. The van der Waals surface area contributed by atoms with Crippen LogP contribution in [-0.4, -0.2) is 55.5 Å². The standard InChI is InChI=1S/C10H21NO4S/c1-3-15-7-8-16(13,14)11-6-4-5-10(2,12)9-11/h12H,3-9H2,1-2H3. The van der Waals surface area contributed by atoms with Gasteiger partial charge in [-0.1, -0.05) is 0 Å². The molecule has 6 heteroatoms. The molecule has 1 atom stereocenters. The normalized spacial score (nSPS) is 28.2. The second kappa shape index (κ2) is 5.44. The minimum Gasteiger partial charge on any atom is -0.389 e. The van der Waals surface area contributed by atoms with Gasteiger partial charge in [-0.2, -0.15) is 4.31 Å². The van der Waals surface area contributed by atoms with Crippen molar-refractivity contribution >= 4 is 10.0 Å². The highest BCUT2D eigenvalue weighted by molar-refractivity contribution is 7.89. The molecular weight excluding hydrogens is 230 g/mol. The van der Waals surface area contributed by atoms with Crippen LogP contribution >= 0.6 is 0 Å². The number of ether oxygens (including phenoxy) is 1. The van der Waals surface area contributed by atoms with Crippen molar-refractivity contribution in [1.82, 2.24) is 4.31 Å². The number of piperidine rings is 1. The zero-order valence-corrected chi connectivity index (χ0v) is 10.8. The predicted octanol–water partition coefficient (Wildman–Crippen LogP) is 0.200. The molecule has 0 radical (unpaired) electrons. The predicted molar refractivity (Wildman–Crippen MR) is 61.7 cm³/mol. The van der Waals surface area contributed by atoms with Crippen LogP contribution in [0.4, 0.5) is 0 Å². The lowest BCUT2D eigenvalue weighted by Gasteiger charge is -2.35. The quantitative estimate of drug-likeness (QED) is 0.709. The summed E-state index contributed by atoms with van der Waals surface area (Å²) in [6.07, 6.45) is 1.37. The van der Waals surface area contributed by atoms with Gasteiger partial charge in [0.05, 0.1) is 18.0 Å². The summed E-state index contributed by atoms with van der Waals surface area (Å²) in [5.41, 5.74) is -0.892. The lowest BCUT2D eigenvalue weighted by Crippen LogP contribution is -2.49. The first kappa shape index (κ1) is 13.9.